The summed E-state index contributed by atoms with van der Waals surface area (Å²) in [6.45, 7) is 1.68. The van der Waals surface area contributed by atoms with Crippen LogP contribution in [0, 0.1) is 11.3 Å². The van der Waals surface area contributed by atoms with E-state index in [1.807, 2.05) is 6.07 Å². The van der Waals surface area contributed by atoms with E-state index in [-0.39, 0.29) is 17.7 Å². The van der Waals surface area contributed by atoms with Crippen LogP contribution < -0.4 is 5.32 Å². The minimum Gasteiger partial charge on any atom is -0.315 e. The molecule has 0 radical (unpaired) electrons. The van der Waals surface area contributed by atoms with Crippen LogP contribution in [0.1, 0.15) is 12.0 Å². The topological polar surface area (TPSA) is 65.8 Å². The number of aromatic nitrogens is 1. The zero-order chi connectivity index (χ0) is 10.7. The van der Waals surface area contributed by atoms with Crippen LogP contribution in [-0.2, 0) is 10.8 Å². The maximum Gasteiger partial charge on any atom is 0.128 e. The normalized spacial score (nSPS) is 20.8. The van der Waals surface area contributed by atoms with Gasteiger partial charge in [0, 0.05) is 12.7 Å². The first kappa shape index (κ1) is 13.1. The van der Waals surface area contributed by atoms with Gasteiger partial charge in [-0.3, -0.25) is 4.21 Å². The van der Waals surface area contributed by atoms with Gasteiger partial charge in [-0.25, -0.2) is 4.98 Å². The van der Waals surface area contributed by atoms with Gasteiger partial charge in [-0.2, -0.15) is 5.26 Å². The van der Waals surface area contributed by atoms with Crippen molar-refractivity contribution in [2.24, 2.45) is 0 Å². The lowest BCUT2D eigenvalue weighted by Gasteiger charge is -2.07. The van der Waals surface area contributed by atoms with Crippen molar-refractivity contribution in [1.29, 1.82) is 5.26 Å². The van der Waals surface area contributed by atoms with Crippen molar-refractivity contribution in [3.8, 4) is 6.07 Å². The molecule has 0 spiro atoms. The Morgan fingerprint density at radius 1 is 1.62 bits per heavy atom. The molecule has 2 rings (SSSR count). The van der Waals surface area contributed by atoms with Crippen LogP contribution >= 0.6 is 12.4 Å². The van der Waals surface area contributed by atoms with E-state index in [0.29, 0.717) is 10.6 Å². The first-order valence-electron chi connectivity index (χ1n) is 4.78. The van der Waals surface area contributed by atoms with Crippen LogP contribution in [0.25, 0.3) is 0 Å². The SMILES string of the molecule is Cl.N#Cc1ccnc(S(=O)[C@@H]2CCNC2)c1. The number of halogens is 1. The minimum absolute atomic E-state index is 0. The molecule has 2 heterocycles. The third kappa shape index (κ3) is 2.79. The van der Waals surface area contributed by atoms with Crippen LogP contribution in [0.15, 0.2) is 23.4 Å². The van der Waals surface area contributed by atoms with Gasteiger partial charge in [0.1, 0.15) is 5.03 Å². The fourth-order valence-corrected chi connectivity index (χ4v) is 2.92. The number of nitrogens with zero attached hydrogens (tertiary/aromatic N) is 2. The van der Waals surface area contributed by atoms with E-state index in [4.69, 9.17) is 5.26 Å². The highest BCUT2D eigenvalue weighted by Gasteiger charge is 2.23. The van der Waals surface area contributed by atoms with Crippen molar-refractivity contribution in [3.63, 3.8) is 0 Å². The van der Waals surface area contributed by atoms with Crippen molar-refractivity contribution >= 4 is 23.2 Å². The van der Waals surface area contributed by atoms with E-state index in [9.17, 15) is 4.21 Å². The molecule has 2 atom stereocenters. The summed E-state index contributed by atoms with van der Waals surface area (Å²) in [5.74, 6) is 0. The second kappa shape index (κ2) is 5.94. The first-order chi connectivity index (χ1) is 7.31. The van der Waals surface area contributed by atoms with E-state index in [0.717, 1.165) is 19.5 Å². The second-order valence-corrected chi connectivity index (χ2v) is 5.09. The Morgan fingerprint density at radius 3 is 3.06 bits per heavy atom. The molecule has 0 aromatic carbocycles. The number of nitriles is 1. The van der Waals surface area contributed by atoms with Gasteiger partial charge in [0.2, 0.25) is 0 Å². The highest BCUT2D eigenvalue weighted by atomic mass is 35.5. The van der Waals surface area contributed by atoms with E-state index in [1.54, 1.807) is 12.1 Å². The zero-order valence-electron chi connectivity index (χ0n) is 8.55. The Kier molecular flexibility index (Phi) is 4.87. The molecule has 86 valence electrons. The van der Waals surface area contributed by atoms with E-state index >= 15 is 0 Å². The number of hydrogen-bond acceptors (Lipinski definition) is 4. The molecule has 16 heavy (non-hydrogen) atoms. The summed E-state index contributed by atoms with van der Waals surface area (Å²) in [5.41, 5.74) is 0.513. The van der Waals surface area contributed by atoms with Gasteiger partial charge in [0.25, 0.3) is 0 Å². The number of pyridine rings is 1. The third-order valence-electron chi connectivity index (χ3n) is 2.39. The average Bonchev–Trinajstić information content (AvgIpc) is 2.81. The molecular formula is C10H12ClN3OS. The lowest BCUT2D eigenvalue weighted by atomic mass is 10.3. The van der Waals surface area contributed by atoms with Crippen LogP contribution in [0.5, 0.6) is 0 Å². The van der Waals surface area contributed by atoms with Gasteiger partial charge >= 0.3 is 0 Å². The molecule has 1 saturated heterocycles. The van der Waals surface area contributed by atoms with Crippen molar-refractivity contribution in [2.45, 2.75) is 16.7 Å². The largest absolute Gasteiger partial charge is 0.315 e. The number of hydrogen-bond donors (Lipinski definition) is 1. The molecule has 1 N–H and O–H groups in total. The molecular weight excluding hydrogens is 246 g/mol. The maximum absolute atomic E-state index is 12.0. The van der Waals surface area contributed by atoms with Gasteiger partial charge in [-0.05, 0) is 25.1 Å². The number of nitrogens with one attached hydrogen (secondary N) is 1. The molecule has 1 aliphatic rings. The lowest BCUT2D eigenvalue weighted by molar-refractivity contribution is 0.669. The molecule has 1 fully saturated rings. The van der Waals surface area contributed by atoms with Gasteiger partial charge in [-0.15, -0.1) is 12.4 Å². The Balaban J connectivity index is 0.00000128. The first-order valence-corrected chi connectivity index (χ1v) is 6.00. The molecule has 4 nitrogen and oxygen atoms in total. The predicted octanol–water partition coefficient (Wildman–Crippen LogP) is 0.845. The average molecular weight is 258 g/mol. The molecule has 0 saturated carbocycles. The highest BCUT2D eigenvalue weighted by Crippen LogP contribution is 2.14. The molecule has 1 aromatic heterocycles. The molecule has 1 aromatic rings. The molecule has 0 bridgehead atoms. The van der Waals surface area contributed by atoms with E-state index < -0.39 is 10.8 Å². The summed E-state index contributed by atoms with van der Waals surface area (Å²) in [6, 6.07) is 5.25. The summed E-state index contributed by atoms with van der Waals surface area (Å²) >= 11 is 0. The molecule has 6 heteroatoms. The Hall–Kier alpha value is -0.960. The smallest absolute Gasteiger partial charge is 0.128 e. The van der Waals surface area contributed by atoms with Crippen molar-refractivity contribution in [2.75, 3.05) is 13.1 Å². The van der Waals surface area contributed by atoms with Gasteiger partial charge < -0.3 is 5.32 Å². The number of rotatable bonds is 2. The summed E-state index contributed by atoms with van der Waals surface area (Å²) in [5, 5.41) is 12.5. The molecule has 0 amide bonds. The Bertz CT molecular complexity index is 426. The fourth-order valence-electron chi connectivity index (χ4n) is 1.57. The quantitative estimate of drug-likeness (QED) is 0.853. The van der Waals surface area contributed by atoms with Crippen molar-refractivity contribution in [3.05, 3.63) is 23.9 Å². The lowest BCUT2D eigenvalue weighted by Crippen LogP contribution is -2.19. The summed E-state index contributed by atoms with van der Waals surface area (Å²) in [6.07, 6.45) is 2.44. The molecule has 0 aliphatic carbocycles. The summed E-state index contributed by atoms with van der Waals surface area (Å²) in [7, 11) is -1.10. The highest BCUT2D eigenvalue weighted by molar-refractivity contribution is 7.85. The predicted molar refractivity (Wildman–Crippen MR) is 63.9 cm³/mol. The van der Waals surface area contributed by atoms with Crippen LogP contribution in [0.3, 0.4) is 0 Å². The van der Waals surface area contributed by atoms with Crippen LogP contribution in [0.4, 0.5) is 0 Å². The van der Waals surface area contributed by atoms with E-state index in [1.165, 1.54) is 6.20 Å². The van der Waals surface area contributed by atoms with Gasteiger partial charge in [-0.1, -0.05) is 0 Å². The molecule has 1 unspecified atom stereocenters. The van der Waals surface area contributed by atoms with Gasteiger partial charge in [0.15, 0.2) is 0 Å². The van der Waals surface area contributed by atoms with Gasteiger partial charge in [0.05, 0.1) is 27.7 Å². The summed E-state index contributed by atoms with van der Waals surface area (Å²) in [4.78, 5) is 4.05. The monoisotopic (exact) mass is 257 g/mol. The Morgan fingerprint density at radius 2 is 2.44 bits per heavy atom. The minimum atomic E-state index is -1.10. The standard InChI is InChI=1S/C10H11N3OS.ClH/c11-6-8-1-4-13-10(5-8)15(14)9-2-3-12-7-9;/h1,4-5,9,12H,2-3,7H2;1H/t9-,15?;/m1./s1. The maximum atomic E-state index is 12.0. The van der Waals surface area contributed by atoms with Crippen LogP contribution in [-0.4, -0.2) is 27.5 Å². The molecule has 1 aliphatic heterocycles. The zero-order valence-corrected chi connectivity index (χ0v) is 10.2. The fraction of sp³-hybridized carbons (Fsp3) is 0.400. The Labute approximate surface area is 103 Å². The van der Waals surface area contributed by atoms with Crippen molar-refractivity contribution in [1.82, 2.24) is 10.3 Å². The summed E-state index contributed by atoms with van der Waals surface area (Å²) < 4.78 is 12.0. The van der Waals surface area contributed by atoms with Crippen molar-refractivity contribution < 1.29 is 4.21 Å². The third-order valence-corrected chi connectivity index (χ3v) is 4.03. The van der Waals surface area contributed by atoms with E-state index in [2.05, 4.69) is 10.3 Å². The second-order valence-electron chi connectivity index (χ2n) is 3.41. The van der Waals surface area contributed by atoms with Crippen LogP contribution in [0.2, 0.25) is 0 Å².